The molecule has 3 heterocycles. The van der Waals surface area contributed by atoms with E-state index in [1.807, 2.05) is 11.0 Å². The average molecular weight is 476 g/mol. The molecule has 0 bridgehead atoms. The van der Waals surface area contributed by atoms with Gasteiger partial charge in [0, 0.05) is 50.6 Å². The van der Waals surface area contributed by atoms with E-state index in [0.29, 0.717) is 55.9 Å². The molecule has 5 rings (SSSR count). The lowest BCUT2D eigenvalue weighted by atomic mass is 9.95. The number of aliphatic hydroxyl groups is 1. The summed E-state index contributed by atoms with van der Waals surface area (Å²) in [5.74, 6) is 1.51. The zero-order chi connectivity index (χ0) is 24.5. The van der Waals surface area contributed by atoms with E-state index in [4.69, 9.17) is 4.98 Å². The second kappa shape index (κ2) is 9.82. The number of piperazine rings is 1. The van der Waals surface area contributed by atoms with Crippen molar-refractivity contribution in [2.45, 2.75) is 50.5 Å². The molecule has 2 saturated carbocycles. The number of amides is 2. The van der Waals surface area contributed by atoms with E-state index in [-0.39, 0.29) is 30.9 Å². The Morgan fingerprint density at radius 1 is 1.23 bits per heavy atom. The number of carbonyl (C=O) groups excluding carboxylic acids is 2. The average Bonchev–Trinajstić information content (AvgIpc) is 3.80. The highest BCUT2D eigenvalue weighted by Gasteiger charge is 2.41. The van der Waals surface area contributed by atoms with E-state index in [2.05, 4.69) is 23.6 Å². The third-order valence-corrected chi connectivity index (χ3v) is 7.63. The SMILES string of the molecule is C=CC(=O)N1CCC=C(c2cc(C#N)c(N3CCN(C(=O)CCO)C(C4CC4)C3)nc2C2CC2)C1. The molecule has 2 amide bonds. The van der Waals surface area contributed by atoms with Gasteiger partial charge in [-0.25, -0.2) is 4.98 Å². The minimum absolute atomic E-state index is 0.00870. The minimum Gasteiger partial charge on any atom is -0.396 e. The lowest BCUT2D eigenvalue weighted by Gasteiger charge is -2.42. The van der Waals surface area contributed by atoms with E-state index in [0.717, 1.165) is 48.9 Å². The smallest absolute Gasteiger partial charge is 0.246 e. The Bertz CT molecular complexity index is 1100. The molecular weight excluding hydrogens is 442 g/mol. The summed E-state index contributed by atoms with van der Waals surface area (Å²) in [4.78, 5) is 35.9. The normalized spacial score (nSPS) is 22.5. The fraction of sp³-hybridized carbons (Fsp3) is 0.556. The molecule has 1 atom stereocenters. The van der Waals surface area contributed by atoms with Crippen molar-refractivity contribution in [2.75, 3.05) is 44.2 Å². The number of hydrogen-bond donors (Lipinski definition) is 1. The number of nitriles is 1. The van der Waals surface area contributed by atoms with E-state index >= 15 is 0 Å². The summed E-state index contributed by atoms with van der Waals surface area (Å²) >= 11 is 0. The van der Waals surface area contributed by atoms with Crippen LogP contribution < -0.4 is 4.90 Å². The van der Waals surface area contributed by atoms with Gasteiger partial charge in [0.1, 0.15) is 11.9 Å². The van der Waals surface area contributed by atoms with Crippen LogP contribution in [0.3, 0.4) is 0 Å². The maximum atomic E-state index is 12.6. The zero-order valence-corrected chi connectivity index (χ0v) is 20.2. The van der Waals surface area contributed by atoms with Gasteiger partial charge in [0.05, 0.1) is 23.9 Å². The number of carbonyl (C=O) groups is 2. The number of hydrogen-bond acceptors (Lipinski definition) is 6. The fourth-order valence-corrected chi connectivity index (χ4v) is 5.46. The Kier molecular flexibility index (Phi) is 6.61. The largest absolute Gasteiger partial charge is 0.396 e. The molecule has 0 aromatic carbocycles. The first-order chi connectivity index (χ1) is 17.0. The molecule has 1 N–H and O–H groups in total. The summed E-state index contributed by atoms with van der Waals surface area (Å²) in [6.07, 6.45) is 8.85. The highest BCUT2D eigenvalue weighted by atomic mass is 16.3. The molecule has 1 aromatic rings. The number of aromatic nitrogens is 1. The minimum atomic E-state index is -0.130. The molecule has 4 aliphatic rings. The van der Waals surface area contributed by atoms with Crippen LogP contribution >= 0.6 is 0 Å². The molecule has 1 saturated heterocycles. The van der Waals surface area contributed by atoms with Crippen LogP contribution in [0.1, 0.15) is 61.3 Å². The highest BCUT2D eigenvalue weighted by Crippen LogP contribution is 2.45. The van der Waals surface area contributed by atoms with Crippen molar-refractivity contribution in [2.24, 2.45) is 5.92 Å². The number of pyridine rings is 1. The first-order valence-electron chi connectivity index (χ1n) is 12.7. The van der Waals surface area contributed by atoms with Gasteiger partial charge in [0.2, 0.25) is 11.8 Å². The van der Waals surface area contributed by atoms with Crippen molar-refractivity contribution in [3.05, 3.63) is 41.6 Å². The van der Waals surface area contributed by atoms with Crippen LogP contribution in [0.5, 0.6) is 0 Å². The van der Waals surface area contributed by atoms with Gasteiger partial charge in [-0.3, -0.25) is 9.59 Å². The van der Waals surface area contributed by atoms with Gasteiger partial charge in [0.25, 0.3) is 0 Å². The molecule has 1 unspecified atom stereocenters. The summed E-state index contributed by atoms with van der Waals surface area (Å²) in [6.45, 7) is 6.53. The molecule has 1 aromatic heterocycles. The molecule has 35 heavy (non-hydrogen) atoms. The van der Waals surface area contributed by atoms with Crippen LogP contribution in [0.15, 0.2) is 24.8 Å². The highest BCUT2D eigenvalue weighted by molar-refractivity contribution is 5.89. The van der Waals surface area contributed by atoms with Crippen molar-refractivity contribution in [3.8, 4) is 6.07 Å². The molecule has 8 heteroatoms. The Morgan fingerprint density at radius 2 is 2.03 bits per heavy atom. The summed E-state index contributed by atoms with van der Waals surface area (Å²) in [6, 6.07) is 4.44. The number of nitrogens with zero attached hydrogens (tertiary/aromatic N) is 5. The van der Waals surface area contributed by atoms with E-state index in [9.17, 15) is 20.0 Å². The maximum absolute atomic E-state index is 12.6. The van der Waals surface area contributed by atoms with Crippen molar-refractivity contribution < 1.29 is 14.7 Å². The van der Waals surface area contributed by atoms with E-state index < -0.39 is 0 Å². The Morgan fingerprint density at radius 3 is 2.69 bits per heavy atom. The summed E-state index contributed by atoms with van der Waals surface area (Å²) in [5, 5.41) is 19.3. The summed E-state index contributed by atoms with van der Waals surface area (Å²) in [5.41, 5.74) is 3.62. The first-order valence-corrected chi connectivity index (χ1v) is 12.7. The van der Waals surface area contributed by atoms with Gasteiger partial charge in [0.15, 0.2) is 0 Å². The van der Waals surface area contributed by atoms with E-state index in [1.165, 1.54) is 6.08 Å². The van der Waals surface area contributed by atoms with Crippen LogP contribution in [0, 0.1) is 17.2 Å². The van der Waals surface area contributed by atoms with Crippen LogP contribution in [0.4, 0.5) is 5.82 Å². The monoisotopic (exact) mass is 475 g/mol. The summed E-state index contributed by atoms with van der Waals surface area (Å²) < 4.78 is 0. The predicted molar refractivity (Wildman–Crippen MR) is 132 cm³/mol. The van der Waals surface area contributed by atoms with Gasteiger partial charge in [-0.1, -0.05) is 12.7 Å². The third-order valence-electron chi connectivity index (χ3n) is 7.63. The van der Waals surface area contributed by atoms with Gasteiger partial charge >= 0.3 is 0 Å². The quantitative estimate of drug-likeness (QED) is 0.608. The summed E-state index contributed by atoms with van der Waals surface area (Å²) in [7, 11) is 0. The van der Waals surface area contributed by atoms with Gasteiger partial charge < -0.3 is 19.8 Å². The third kappa shape index (κ3) is 4.83. The Balaban J connectivity index is 1.45. The van der Waals surface area contributed by atoms with Crippen molar-refractivity contribution >= 4 is 23.2 Å². The van der Waals surface area contributed by atoms with Crippen molar-refractivity contribution in [1.82, 2.24) is 14.8 Å². The second-order valence-corrected chi connectivity index (χ2v) is 10.1. The van der Waals surface area contributed by atoms with Crippen molar-refractivity contribution in [3.63, 3.8) is 0 Å². The lowest BCUT2D eigenvalue weighted by molar-refractivity contribution is -0.135. The van der Waals surface area contributed by atoms with Gasteiger partial charge in [-0.15, -0.1) is 0 Å². The fourth-order valence-electron chi connectivity index (χ4n) is 5.46. The van der Waals surface area contributed by atoms with Crippen LogP contribution in [-0.2, 0) is 9.59 Å². The first kappa shape index (κ1) is 23.6. The van der Waals surface area contributed by atoms with Crippen LogP contribution in [0.2, 0.25) is 0 Å². The number of anilines is 1. The zero-order valence-electron chi connectivity index (χ0n) is 20.2. The van der Waals surface area contributed by atoms with Crippen molar-refractivity contribution in [1.29, 1.82) is 5.26 Å². The lowest BCUT2D eigenvalue weighted by Crippen LogP contribution is -2.56. The van der Waals surface area contributed by atoms with E-state index in [1.54, 1.807) is 4.90 Å². The molecule has 8 nitrogen and oxygen atoms in total. The standard InChI is InChI=1S/C27H33N5O3/c1-2-24(34)30-10-3-4-20(16-30)22-14-21(15-28)27(29-26(22)19-7-8-19)31-11-12-32(25(35)9-13-33)23(17-31)18-5-6-18/h2,4,14,18-19,23,33H,1,3,5-13,16-17H2. The number of rotatable bonds is 7. The molecular formula is C27H33N5O3. The molecule has 2 aliphatic carbocycles. The molecule has 2 aliphatic heterocycles. The molecule has 0 radical (unpaired) electrons. The van der Waals surface area contributed by atoms with Crippen LogP contribution in [-0.4, -0.2) is 77.1 Å². The molecule has 184 valence electrons. The van der Waals surface area contributed by atoms with Crippen LogP contribution in [0.25, 0.3) is 5.57 Å². The second-order valence-electron chi connectivity index (χ2n) is 10.1. The van der Waals surface area contributed by atoms with Gasteiger partial charge in [-0.2, -0.15) is 5.26 Å². The Labute approximate surface area is 206 Å². The maximum Gasteiger partial charge on any atom is 0.246 e. The van der Waals surface area contributed by atoms with Gasteiger partial charge in [-0.05, 0) is 55.7 Å². The topological polar surface area (TPSA) is 101 Å². The Hall–Kier alpha value is -3.18. The molecule has 3 fully saturated rings. The molecule has 0 spiro atoms. The predicted octanol–water partition coefficient (Wildman–Crippen LogP) is 2.44. The number of aliphatic hydroxyl groups excluding tert-OH is 1.